The average molecular weight is 467 g/mol. The molecule has 0 amide bonds. The molecule has 0 saturated carbocycles. The average Bonchev–Trinajstić information content (AvgIpc) is 3.09. The number of aromatic nitrogens is 2. The second kappa shape index (κ2) is 10.7. The van der Waals surface area contributed by atoms with Crippen molar-refractivity contribution >= 4 is 22.8 Å². The van der Waals surface area contributed by atoms with Crippen LogP contribution in [0.2, 0.25) is 0 Å². The molecule has 1 aliphatic heterocycles. The van der Waals surface area contributed by atoms with Crippen LogP contribution in [0, 0.1) is 24.2 Å². The van der Waals surface area contributed by atoms with Crippen molar-refractivity contribution in [3.8, 4) is 0 Å². The number of cyclic esters (lactones) is 1. The molecular weight excluding hydrogens is 428 g/mol. The van der Waals surface area contributed by atoms with E-state index < -0.39 is 29.5 Å². The standard InChI is InChI=1S/C28H38N2O4/c1-18-11-9-7-8-10-12-24(21-13-14-23-22(17-21)29-20(3)30(23)6)34-25(31)15-16-28(4,5)27(33)19(2)26(18)32/h8,10,13-19,24,26,32H,7,9,11-12H2,1-6H3/b10-8+,16-15+/t18-,19+,24-,26-/m0/s1. The molecule has 0 saturated heterocycles. The van der Waals surface area contributed by atoms with Gasteiger partial charge in [0.1, 0.15) is 17.7 Å². The van der Waals surface area contributed by atoms with Crippen LogP contribution in [0.3, 0.4) is 0 Å². The quantitative estimate of drug-likeness (QED) is 0.451. The van der Waals surface area contributed by atoms with E-state index in [0.29, 0.717) is 6.42 Å². The third kappa shape index (κ3) is 5.84. The fraction of sp³-hybridized carbons (Fsp3) is 0.536. The Balaban J connectivity index is 1.90. The summed E-state index contributed by atoms with van der Waals surface area (Å²) in [6.07, 6.45) is 9.10. The molecule has 0 fully saturated rings. The summed E-state index contributed by atoms with van der Waals surface area (Å²) in [5.74, 6) is -0.159. The lowest BCUT2D eigenvalue weighted by atomic mass is 9.76. The molecular formula is C28H38N2O4. The second-order valence-electron chi connectivity index (χ2n) is 10.2. The number of allylic oxidation sites excluding steroid dienone is 2. The van der Waals surface area contributed by atoms with Gasteiger partial charge < -0.3 is 14.4 Å². The number of Topliss-reactive ketones (excluding diaryl/α,β-unsaturated/α-hetero) is 1. The molecule has 1 N–H and O–H groups in total. The Bertz CT molecular complexity index is 1100. The Morgan fingerprint density at radius 2 is 1.91 bits per heavy atom. The molecule has 6 heteroatoms. The summed E-state index contributed by atoms with van der Waals surface area (Å²) in [5, 5.41) is 10.7. The fourth-order valence-electron chi connectivity index (χ4n) is 4.63. The molecule has 0 unspecified atom stereocenters. The number of imidazole rings is 1. The van der Waals surface area contributed by atoms with Gasteiger partial charge in [0.2, 0.25) is 0 Å². The first-order valence-electron chi connectivity index (χ1n) is 12.2. The van der Waals surface area contributed by atoms with Crippen molar-refractivity contribution < 1.29 is 19.4 Å². The second-order valence-corrected chi connectivity index (χ2v) is 10.2. The molecule has 0 bridgehead atoms. The molecule has 6 nitrogen and oxygen atoms in total. The first-order valence-corrected chi connectivity index (χ1v) is 12.2. The number of carbonyl (C=O) groups is 2. The van der Waals surface area contributed by atoms with Gasteiger partial charge in [0.15, 0.2) is 0 Å². The minimum Gasteiger partial charge on any atom is -0.454 e. The van der Waals surface area contributed by atoms with Gasteiger partial charge in [-0.3, -0.25) is 4.79 Å². The summed E-state index contributed by atoms with van der Waals surface area (Å²) in [4.78, 5) is 30.5. The molecule has 1 aromatic carbocycles. The van der Waals surface area contributed by atoms with Crippen molar-refractivity contribution in [2.75, 3.05) is 0 Å². The van der Waals surface area contributed by atoms with E-state index in [0.717, 1.165) is 41.7 Å². The number of hydrogen-bond acceptors (Lipinski definition) is 5. The van der Waals surface area contributed by atoms with E-state index >= 15 is 0 Å². The first-order chi connectivity index (χ1) is 16.0. The molecule has 0 radical (unpaired) electrons. The lowest BCUT2D eigenvalue weighted by molar-refractivity contribution is -0.143. The normalized spacial score (nSPS) is 29.0. The predicted molar refractivity (Wildman–Crippen MR) is 134 cm³/mol. The summed E-state index contributed by atoms with van der Waals surface area (Å²) < 4.78 is 7.88. The lowest BCUT2D eigenvalue weighted by Gasteiger charge is -2.29. The van der Waals surface area contributed by atoms with Crippen LogP contribution < -0.4 is 0 Å². The predicted octanol–water partition coefficient (Wildman–Crippen LogP) is 5.38. The van der Waals surface area contributed by atoms with Crippen molar-refractivity contribution in [3.63, 3.8) is 0 Å². The highest BCUT2D eigenvalue weighted by Crippen LogP contribution is 2.30. The Morgan fingerprint density at radius 3 is 2.65 bits per heavy atom. The van der Waals surface area contributed by atoms with Crippen molar-refractivity contribution in [2.45, 2.75) is 72.5 Å². The van der Waals surface area contributed by atoms with E-state index in [4.69, 9.17) is 4.74 Å². The van der Waals surface area contributed by atoms with Crippen molar-refractivity contribution in [1.29, 1.82) is 0 Å². The highest BCUT2D eigenvalue weighted by molar-refractivity contribution is 5.90. The van der Waals surface area contributed by atoms with Gasteiger partial charge in [-0.2, -0.15) is 0 Å². The largest absolute Gasteiger partial charge is 0.454 e. The Morgan fingerprint density at radius 1 is 1.18 bits per heavy atom. The molecule has 1 aliphatic rings. The van der Waals surface area contributed by atoms with Gasteiger partial charge in [-0.05, 0) is 63.6 Å². The third-order valence-electron chi connectivity index (χ3n) is 7.09. The fourth-order valence-corrected chi connectivity index (χ4v) is 4.63. The van der Waals surface area contributed by atoms with E-state index in [1.807, 2.05) is 43.7 Å². The molecule has 1 aromatic heterocycles. The van der Waals surface area contributed by atoms with Gasteiger partial charge >= 0.3 is 5.97 Å². The molecule has 0 aliphatic carbocycles. The number of hydrogen-bond donors (Lipinski definition) is 1. The van der Waals surface area contributed by atoms with Gasteiger partial charge in [0.25, 0.3) is 0 Å². The van der Waals surface area contributed by atoms with E-state index in [1.165, 1.54) is 6.08 Å². The maximum absolute atomic E-state index is 13.1. The third-order valence-corrected chi connectivity index (χ3v) is 7.09. The van der Waals surface area contributed by atoms with Crippen LogP contribution in [0.4, 0.5) is 0 Å². The van der Waals surface area contributed by atoms with Crippen LogP contribution in [-0.2, 0) is 21.4 Å². The molecule has 4 atom stereocenters. The number of ether oxygens (including phenoxy) is 1. The number of benzene rings is 1. The maximum Gasteiger partial charge on any atom is 0.331 e. The van der Waals surface area contributed by atoms with E-state index in [-0.39, 0.29) is 11.7 Å². The Kier molecular flexibility index (Phi) is 8.13. The summed E-state index contributed by atoms with van der Waals surface area (Å²) >= 11 is 0. The molecule has 2 aromatic rings. The summed E-state index contributed by atoms with van der Waals surface area (Å²) in [5.41, 5.74) is 1.89. The molecule has 3 rings (SSSR count). The van der Waals surface area contributed by atoms with Crippen molar-refractivity contribution in [3.05, 3.63) is 53.9 Å². The highest BCUT2D eigenvalue weighted by Gasteiger charge is 2.35. The summed E-state index contributed by atoms with van der Waals surface area (Å²) in [6, 6.07) is 5.97. The molecule has 2 heterocycles. The Hall–Kier alpha value is -2.73. The number of fused-ring (bicyclic) bond motifs is 1. The molecule has 184 valence electrons. The minimum atomic E-state index is -0.893. The van der Waals surface area contributed by atoms with Crippen LogP contribution in [-0.4, -0.2) is 32.5 Å². The number of esters is 1. The van der Waals surface area contributed by atoms with E-state index in [9.17, 15) is 14.7 Å². The maximum atomic E-state index is 13.1. The van der Waals surface area contributed by atoms with Crippen LogP contribution in [0.5, 0.6) is 0 Å². The number of nitrogens with zero attached hydrogens (tertiary/aromatic N) is 2. The Labute approximate surface area is 202 Å². The van der Waals surface area contributed by atoms with Gasteiger partial charge in [-0.15, -0.1) is 0 Å². The van der Waals surface area contributed by atoms with Crippen LogP contribution in [0.25, 0.3) is 11.0 Å². The minimum absolute atomic E-state index is 0.0197. The monoisotopic (exact) mass is 466 g/mol. The van der Waals surface area contributed by atoms with Gasteiger partial charge in [0, 0.05) is 30.9 Å². The number of rotatable bonds is 1. The number of ketones is 1. The molecule has 34 heavy (non-hydrogen) atoms. The zero-order valence-electron chi connectivity index (χ0n) is 21.2. The zero-order valence-corrected chi connectivity index (χ0v) is 21.2. The lowest BCUT2D eigenvalue weighted by Crippen LogP contribution is -2.38. The highest BCUT2D eigenvalue weighted by atomic mass is 16.5. The van der Waals surface area contributed by atoms with Gasteiger partial charge in [-0.25, -0.2) is 9.78 Å². The number of aliphatic hydroxyl groups is 1. The van der Waals surface area contributed by atoms with Gasteiger partial charge in [-0.1, -0.05) is 38.1 Å². The molecule has 0 spiro atoms. The van der Waals surface area contributed by atoms with Crippen LogP contribution in [0.15, 0.2) is 42.5 Å². The smallest absolute Gasteiger partial charge is 0.331 e. The van der Waals surface area contributed by atoms with Gasteiger partial charge in [0.05, 0.1) is 17.1 Å². The zero-order chi connectivity index (χ0) is 25.0. The van der Waals surface area contributed by atoms with Crippen LogP contribution >= 0.6 is 0 Å². The number of aryl methyl sites for hydroxylation is 2. The topological polar surface area (TPSA) is 81.4 Å². The van der Waals surface area contributed by atoms with Crippen molar-refractivity contribution in [1.82, 2.24) is 9.55 Å². The summed E-state index contributed by atoms with van der Waals surface area (Å²) in [6.45, 7) is 9.27. The SMILES string of the molecule is Cc1nc2cc([C@@H]3C/C=C/CCC[C@H](C)[C@H](O)[C@@H](C)C(=O)C(C)(C)/C=C/C(=O)O3)ccc2n1C. The number of carbonyl (C=O) groups excluding carboxylic acids is 2. The van der Waals surface area contributed by atoms with E-state index in [2.05, 4.69) is 17.1 Å². The summed E-state index contributed by atoms with van der Waals surface area (Å²) in [7, 11) is 1.98. The number of aliphatic hydroxyl groups excluding tert-OH is 1. The first kappa shape index (κ1) is 25.9. The van der Waals surface area contributed by atoms with Crippen molar-refractivity contribution in [2.24, 2.45) is 24.3 Å². The van der Waals surface area contributed by atoms with E-state index in [1.54, 1.807) is 26.8 Å². The van der Waals surface area contributed by atoms with Crippen LogP contribution in [0.1, 0.15) is 70.9 Å².